The van der Waals surface area contributed by atoms with Crippen molar-refractivity contribution in [2.45, 2.75) is 25.9 Å². The molecular formula is C13H16N2S. The highest BCUT2D eigenvalue weighted by atomic mass is 32.1. The van der Waals surface area contributed by atoms with E-state index in [9.17, 15) is 0 Å². The summed E-state index contributed by atoms with van der Waals surface area (Å²) in [4.78, 5) is 4.57. The lowest BCUT2D eigenvalue weighted by atomic mass is 10.2. The molecule has 0 aliphatic rings. The molecule has 0 spiro atoms. The van der Waals surface area contributed by atoms with Gasteiger partial charge in [0, 0.05) is 12.6 Å². The number of hydrogen-bond donors (Lipinski definition) is 1. The topological polar surface area (TPSA) is 24.9 Å². The molecule has 0 radical (unpaired) electrons. The summed E-state index contributed by atoms with van der Waals surface area (Å²) in [6, 6.07) is 8.72. The Bertz CT molecular complexity index is 442. The summed E-state index contributed by atoms with van der Waals surface area (Å²) in [5.74, 6) is 0. The van der Waals surface area contributed by atoms with Crippen molar-refractivity contribution < 1.29 is 0 Å². The maximum absolute atomic E-state index is 4.57. The van der Waals surface area contributed by atoms with Crippen LogP contribution in [-0.4, -0.2) is 11.0 Å². The Labute approximate surface area is 100 Å². The van der Waals surface area contributed by atoms with Crippen LogP contribution in [0.25, 0.3) is 10.2 Å². The summed E-state index contributed by atoms with van der Waals surface area (Å²) in [7, 11) is 0. The molecule has 2 aromatic rings. The predicted octanol–water partition coefficient (Wildman–Crippen LogP) is 3.35. The fraction of sp³-hybridized carbons (Fsp3) is 0.308. The Morgan fingerprint density at radius 3 is 3.06 bits per heavy atom. The van der Waals surface area contributed by atoms with Gasteiger partial charge in [-0.25, -0.2) is 4.98 Å². The predicted molar refractivity (Wildman–Crippen MR) is 70.7 cm³/mol. The van der Waals surface area contributed by atoms with Crippen LogP contribution in [0.1, 0.15) is 18.4 Å². The summed E-state index contributed by atoms with van der Waals surface area (Å²) in [6.07, 6.45) is 2.93. The highest BCUT2D eigenvalue weighted by Gasteiger charge is 2.04. The normalized spacial score (nSPS) is 12.8. The van der Waals surface area contributed by atoms with Crippen molar-refractivity contribution in [3.8, 4) is 0 Å². The van der Waals surface area contributed by atoms with Crippen LogP contribution in [0.3, 0.4) is 0 Å². The molecular weight excluding hydrogens is 216 g/mol. The molecule has 1 heterocycles. The second-order valence-corrected chi connectivity index (χ2v) is 5.00. The number of thiazole rings is 1. The van der Waals surface area contributed by atoms with Gasteiger partial charge in [0.25, 0.3) is 0 Å². The van der Waals surface area contributed by atoms with Crippen LogP contribution in [0.4, 0.5) is 0 Å². The molecule has 1 unspecified atom stereocenters. The highest BCUT2D eigenvalue weighted by molar-refractivity contribution is 7.18. The Hall–Kier alpha value is -1.19. The van der Waals surface area contributed by atoms with E-state index in [1.54, 1.807) is 11.3 Å². The Morgan fingerprint density at radius 1 is 1.50 bits per heavy atom. The quantitative estimate of drug-likeness (QED) is 0.800. The second-order valence-electron chi connectivity index (χ2n) is 3.88. The van der Waals surface area contributed by atoms with Crippen molar-refractivity contribution in [2.75, 3.05) is 0 Å². The first-order valence-electron chi connectivity index (χ1n) is 5.48. The number of nitrogens with one attached hydrogen (secondary N) is 1. The average molecular weight is 232 g/mol. The number of fused-ring (bicyclic) bond motifs is 1. The Kier molecular flexibility index (Phi) is 3.70. The zero-order valence-electron chi connectivity index (χ0n) is 9.44. The van der Waals surface area contributed by atoms with Crippen LogP contribution in [0.2, 0.25) is 0 Å². The van der Waals surface area contributed by atoms with Gasteiger partial charge in [0.2, 0.25) is 0 Å². The average Bonchev–Trinajstić information content (AvgIpc) is 2.69. The number of para-hydroxylation sites is 1. The van der Waals surface area contributed by atoms with Gasteiger partial charge in [0.1, 0.15) is 5.01 Å². The van der Waals surface area contributed by atoms with E-state index in [4.69, 9.17) is 0 Å². The third-order valence-corrected chi connectivity index (χ3v) is 3.50. The van der Waals surface area contributed by atoms with Gasteiger partial charge >= 0.3 is 0 Å². The minimum atomic E-state index is 0.463. The Morgan fingerprint density at radius 2 is 2.31 bits per heavy atom. The zero-order valence-corrected chi connectivity index (χ0v) is 10.3. The van der Waals surface area contributed by atoms with Crippen molar-refractivity contribution in [2.24, 2.45) is 0 Å². The molecule has 1 aromatic heterocycles. The molecule has 0 amide bonds. The number of nitrogens with zero attached hydrogens (tertiary/aromatic N) is 1. The van der Waals surface area contributed by atoms with E-state index in [-0.39, 0.29) is 0 Å². The molecule has 2 rings (SSSR count). The highest BCUT2D eigenvalue weighted by Crippen LogP contribution is 2.21. The molecule has 0 fully saturated rings. The van der Waals surface area contributed by atoms with Gasteiger partial charge in [-0.3, -0.25) is 0 Å². The molecule has 0 saturated carbocycles. The van der Waals surface area contributed by atoms with Gasteiger partial charge in [0.05, 0.1) is 10.2 Å². The first-order valence-corrected chi connectivity index (χ1v) is 6.30. The number of aromatic nitrogens is 1. The van der Waals surface area contributed by atoms with Crippen LogP contribution in [0, 0.1) is 0 Å². The van der Waals surface area contributed by atoms with Crippen molar-refractivity contribution in [1.82, 2.24) is 10.3 Å². The largest absolute Gasteiger partial charge is 0.308 e. The molecule has 16 heavy (non-hydrogen) atoms. The van der Waals surface area contributed by atoms with Crippen molar-refractivity contribution in [1.29, 1.82) is 0 Å². The second kappa shape index (κ2) is 5.23. The van der Waals surface area contributed by atoms with Gasteiger partial charge in [-0.2, -0.15) is 0 Å². The van der Waals surface area contributed by atoms with E-state index in [0.717, 1.165) is 23.5 Å². The monoisotopic (exact) mass is 232 g/mol. The van der Waals surface area contributed by atoms with Crippen molar-refractivity contribution in [3.63, 3.8) is 0 Å². The summed E-state index contributed by atoms with van der Waals surface area (Å²) >= 11 is 1.76. The van der Waals surface area contributed by atoms with E-state index in [2.05, 4.69) is 42.0 Å². The third kappa shape index (κ3) is 2.68. The van der Waals surface area contributed by atoms with E-state index in [1.165, 1.54) is 4.70 Å². The summed E-state index contributed by atoms with van der Waals surface area (Å²) in [6.45, 7) is 6.74. The van der Waals surface area contributed by atoms with Crippen LogP contribution in [0.15, 0.2) is 36.9 Å². The smallest absolute Gasteiger partial charge is 0.108 e. The maximum Gasteiger partial charge on any atom is 0.108 e. The first kappa shape index (κ1) is 11.3. The van der Waals surface area contributed by atoms with Gasteiger partial charge in [-0.1, -0.05) is 18.2 Å². The van der Waals surface area contributed by atoms with Crippen molar-refractivity contribution >= 4 is 21.6 Å². The van der Waals surface area contributed by atoms with Crippen LogP contribution in [-0.2, 0) is 6.54 Å². The minimum Gasteiger partial charge on any atom is -0.308 e. The summed E-state index contributed by atoms with van der Waals surface area (Å²) < 4.78 is 1.26. The zero-order chi connectivity index (χ0) is 11.4. The van der Waals surface area contributed by atoms with Gasteiger partial charge < -0.3 is 5.32 Å². The maximum atomic E-state index is 4.57. The molecule has 0 saturated heterocycles. The molecule has 0 bridgehead atoms. The van der Waals surface area contributed by atoms with Gasteiger partial charge in [-0.15, -0.1) is 17.9 Å². The first-order chi connectivity index (χ1) is 7.79. The van der Waals surface area contributed by atoms with E-state index in [1.807, 2.05) is 12.1 Å². The fourth-order valence-electron chi connectivity index (χ4n) is 1.59. The van der Waals surface area contributed by atoms with E-state index in [0.29, 0.717) is 6.04 Å². The third-order valence-electron chi connectivity index (χ3n) is 2.46. The lowest BCUT2D eigenvalue weighted by Gasteiger charge is -2.09. The lowest BCUT2D eigenvalue weighted by Crippen LogP contribution is -2.24. The van der Waals surface area contributed by atoms with Gasteiger partial charge in [0.15, 0.2) is 0 Å². The fourth-order valence-corrected chi connectivity index (χ4v) is 2.51. The van der Waals surface area contributed by atoms with E-state index < -0.39 is 0 Å². The number of rotatable bonds is 5. The van der Waals surface area contributed by atoms with Crippen LogP contribution in [0.5, 0.6) is 0 Å². The molecule has 1 atom stereocenters. The summed E-state index contributed by atoms with van der Waals surface area (Å²) in [5, 5.41) is 4.59. The number of hydrogen-bond acceptors (Lipinski definition) is 3. The SMILES string of the molecule is C=CCC(C)NCc1nc2ccccc2s1. The Balaban J connectivity index is 2.01. The summed E-state index contributed by atoms with van der Waals surface area (Å²) in [5.41, 5.74) is 1.10. The van der Waals surface area contributed by atoms with Crippen molar-refractivity contribution in [3.05, 3.63) is 41.9 Å². The molecule has 0 aliphatic carbocycles. The number of benzene rings is 1. The van der Waals surface area contributed by atoms with Gasteiger partial charge in [-0.05, 0) is 25.5 Å². The van der Waals surface area contributed by atoms with Crippen LogP contribution < -0.4 is 5.32 Å². The van der Waals surface area contributed by atoms with E-state index >= 15 is 0 Å². The minimum absolute atomic E-state index is 0.463. The molecule has 0 aliphatic heterocycles. The molecule has 1 N–H and O–H groups in total. The molecule has 2 nitrogen and oxygen atoms in total. The van der Waals surface area contributed by atoms with Crippen LogP contribution >= 0.6 is 11.3 Å². The molecule has 3 heteroatoms. The standard InChI is InChI=1S/C13H16N2S/c1-3-6-10(2)14-9-13-15-11-7-4-5-8-12(11)16-13/h3-5,7-8,10,14H,1,6,9H2,2H3. The molecule has 84 valence electrons. The molecule has 1 aromatic carbocycles. The lowest BCUT2D eigenvalue weighted by molar-refractivity contribution is 0.553.